The Morgan fingerprint density at radius 3 is 2.27 bits per heavy atom. The van der Waals surface area contributed by atoms with Crippen LogP contribution in [0.2, 0.25) is 0 Å². The second kappa shape index (κ2) is 13.7. The highest BCUT2D eigenvalue weighted by molar-refractivity contribution is 5.90. The van der Waals surface area contributed by atoms with Crippen molar-refractivity contribution in [3.05, 3.63) is 11.6 Å². The molecule has 190 valence electrons. The first-order chi connectivity index (χ1) is 15.4. The summed E-state index contributed by atoms with van der Waals surface area (Å²) in [7, 11) is 1.69. The molecule has 33 heavy (non-hydrogen) atoms. The number of carboxylic acids is 1. The average molecular weight is 466 g/mol. The van der Waals surface area contributed by atoms with Crippen LogP contribution in [0, 0.1) is 11.8 Å². The molecule has 0 aliphatic carbocycles. The summed E-state index contributed by atoms with van der Waals surface area (Å²) in [5, 5.41) is 12.4. The molecule has 0 aromatic heterocycles. The van der Waals surface area contributed by atoms with Gasteiger partial charge in [0, 0.05) is 18.7 Å². The predicted molar refractivity (Wildman–Crippen MR) is 133 cm³/mol. The number of likely N-dealkylation sites (N-methyl/N-ethyl adjacent to an activating group) is 1. The fourth-order valence-electron chi connectivity index (χ4n) is 4.64. The second-order valence-electron chi connectivity index (χ2n) is 10.3. The van der Waals surface area contributed by atoms with E-state index in [1.807, 2.05) is 27.7 Å². The molecule has 0 spiro atoms. The highest BCUT2D eigenvalue weighted by Gasteiger charge is 2.36. The van der Waals surface area contributed by atoms with Crippen LogP contribution in [0.5, 0.6) is 0 Å². The third-order valence-corrected chi connectivity index (χ3v) is 6.85. The Labute approximate surface area is 201 Å². The molecular formula is C26H47N3O4. The van der Waals surface area contributed by atoms with Crippen LogP contribution in [0.4, 0.5) is 0 Å². The maximum Gasteiger partial charge on any atom is 0.331 e. The molecule has 2 amide bonds. The fraction of sp³-hybridized carbons (Fsp3) is 0.808. The minimum absolute atomic E-state index is 0.0324. The number of hydrogen-bond donors (Lipinski definition) is 2. The summed E-state index contributed by atoms with van der Waals surface area (Å²) in [5.74, 6) is -1.31. The number of likely N-dealkylation sites (tertiary alicyclic amines) is 1. The van der Waals surface area contributed by atoms with Crippen molar-refractivity contribution in [2.75, 3.05) is 13.6 Å². The minimum atomic E-state index is -0.996. The number of rotatable bonds is 12. The SMILES string of the molecule is CCCCC(C)N1CCCCC1C(=O)NC(C(=O)N(C)C(/C=C(\C)C(=O)O)C(C)C)C(C)C. The van der Waals surface area contributed by atoms with Crippen LogP contribution in [0.15, 0.2) is 11.6 Å². The van der Waals surface area contributed by atoms with Gasteiger partial charge in [-0.25, -0.2) is 4.79 Å². The van der Waals surface area contributed by atoms with Crippen LogP contribution in [-0.4, -0.2) is 70.4 Å². The van der Waals surface area contributed by atoms with Crippen molar-refractivity contribution in [3.63, 3.8) is 0 Å². The molecule has 0 saturated carbocycles. The van der Waals surface area contributed by atoms with Crippen molar-refractivity contribution in [1.29, 1.82) is 0 Å². The molecule has 0 bridgehead atoms. The monoisotopic (exact) mass is 465 g/mol. The van der Waals surface area contributed by atoms with Crippen molar-refractivity contribution in [1.82, 2.24) is 15.1 Å². The quantitative estimate of drug-likeness (QED) is 0.424. The molecular weight excluding hydrogens is 418 g/mol. The molecule has 4 atom stereocenters. The van der Waals surface area contributed by atoms with Gasteiger partial charge in [0.25, 0.3) is 0 Å². The van der Waals surface area contributed by atoms with E-state index in [-0.39, 0.29) is 41.3 Å². The summed E-state index contributed by atoms with van der Waals surface area (Å²) >= 11 is 0. The number of nitrogens with one attached hydrogen (secondary N) is 1. The maximum atomic E-state index is 13.5. The summed E-state index contributed by atoms with van der Waals surface area (Å²) in [6.07, 6.45) is 7.91. The highest BCUT2D eigenvalue weighted by atomic mass is 16.4. The Bertz CT molecular complexity index is 689. The van der Waals surface area contributed by atoms with Gasteiger partial charge < -0.3 is 15.3 Å². The van der Waals surface area contributed by atoms with E-state index < -0.39 is 12.0 Å². The van der Waals surface area contributed by atoms with Crippen LogP contribution in [0.25, 0.3) is 0 Å². The summed E-state index contributed by atoms with van der Waals surface area (Å²) in [4.78, 5) is 42.1. The molecule has 7 nitrogen and oxygen atoms in total. The number of unbranched alkanes of at least 4 members (excludes halogenated alkanes) is 1. The smallest absolute Gasteiger partial charge is 0.331 e. The number of nitrogens with zero attached hydrogens (tertiary/aromatic N) is 2. The number of carbonyl (C=O) groups is 3. The van der Waals surface area contributed by atoms with E-state index in [4.69, 9.17) is 0 Å². The predicted octanol–water partition coefficient (Wildman–Crippen LogP) is 4.07. The van der Waals surface area contributed by atoms with Crippen molar-refractivity contribution in [2.45, 2.75) is 111 Å². The summed E-state index contributed by atoms with van der Waals surface area (Å²) in [6, 6.07) is -0.893. The molecule has 1 aliphatic heterocycles. The summed E-state index contributed by atoms with van der Waals surface area (Å²) in [5.41, 5.74) is 0.206. The van der Waals surface area contributed by atoms with E-state index in [1.165, 1.54) is 6.92 Å². The molecule has 1 saturated heterocycles. The van der Waals surface area contributed by atoms with Crippen LogP contribution >= 0.6 is 0 Å². The third kappa shape index (κ3) is 8.43. The van der Waals surface area contributed by atoms with Crippen molar-refractivity contribution in [3.8, 4) is 0 Å². The number of piperidine rings is 1. The van der Waals surface area contributed by atoms with Gasteiger partial charge in [0.05, 0.1) is 12.1 Å². The Morgan fingerprint density at radius 2 is 1.76 bits per heavy atom. The highest BCUT2D eigenvalue weighted by Crippen LogP contribution is 2.23. The van der Waals surface area contributed by atoms with Gasteiger partial charge in [-0.3, -0.25) is 14.5 Å². The van der Waals surface area contributed by atoms with E-state index in [0.717, 1.165) is 45.1 Å². The van der Waals surface area contributed by atoms with Gasteiger partial charge in [-0.15, -0.1) is 0 Å². The number of carbonyl (C=O) groups excluding carboxylic acids is 2. The van der Waals surface area contributed by atoms with E-state index in [9.17, 15) is 19.5 Å². The number of amides is 2. The second-order valence-corrected chi connectivity index (χ2v) is 10.3. The average Bonchev–Trinajstić information content (AvgIpc) is 2.77. The zero-order valence-corrected chi connectivity index (χ0v) is 22.1. The maximum absolute atomic E-state index is 13.5. The van der Waals surface area contributed by atoms with Gasteiger partial charge in [0.2, 0.25) is 11.8 Å². The van der Waals surface area contributed by atoms with Crippen molar-refractivity contribution in [2.24, 2.45) is 11.8 Å². The molecule has 2 N–H and O–H groups in total. The first kappa shape index (κ1) is 29.1. The molecule has 1 rings (SSSR count). The molecule has 1 heterocycles. The largest absolute Gasteiger partial charge is 0.478 e. The summed E-state index contributed by atoms with van der Waals surface area (Å²) in [6.45, 7) is 14.6. The van der Waals surface area contributed by atoms with E-state index >= 15 is 0 Å². The Hall–Kier alpha value is -1.89. The third-order valence-electron chi connectivity index (χ3n) is 6.85. The van der Waals surface area contributed by atoms with Gasteiger partial charge in [0.15, 0.2) is 0 Å². The van der Waals surface area contributed by atoms with E-state index in [2.05, 4.69) is 24.1 Å². The molecule has 0 aromatic carbocycles. The van der Waals surface area contributed by atoms with Gasteiger partial charge >= 0.3 is 5.97 Å². The molecule has 0 aromatic rings. The lowest BCUT2D eigenvalue weighted by atomic mass is 9.95. The Kier molecular flexibility index (Phi) is 12.1. The Balaban J connectivity index is 3.04. The standard InChI is InChI=1S/C26H47N3O4/c1-9-10-13-20(7)29-15-12-11-14-21(29)24(30)27-23(18(4)5)25(31)28(8)22(17(2)3)16-19(6)26(32)33/h16-18,20-23H,9-15H2,1-8H3,(H,27,30)(H,32,33)/b19-16+. The van der Waals surface area contributed by atoms with Crippen LogP contribution < -0.4 is 5.32 Å². The van der Waals surface area contributed by atoms with Crippen molar-refractivity contribution >= 4 is 17.8 Å². The zero-order chi connectivity index (χ0) is 25.3. The molecule has 1 aliphatic rings. The van der Waals surface area contributed by atoms with Crippen molar-refractivity contribution < 1.29 is 19.5 Å². The summed E-state index contributed by atoms with van der Waals surface area (Å²) < 4.78 is 0. The topological polar surface area (TPSA) is 90.0 Å². The van der Waals surface area contributed by atoms with Crippen LogP contribution in [0.3, 0.4) is 0 Å². The number of hydrogen-bond acceptors (Lipinski definition) is 4. The number of carboxylic acid groups (broad SMARTS) is 1. The molecule has 0 radical (unpaired) electrons. The first-order valence-electron chi connectivity index (χ1n) is 12.7. The zero-order valence-electron chi connectivity index (χ0n) is 22.1. The van der Waals surface area contributed by atoms with Gasteiger partial charge in [0.1, 0.15) is 6.04 Å². The normalized spacial score (nSPS) is 20.4. The lowest BCUT2D eigenvalue weighted by Crippen LogP contribution is -2.59. The van der Waals surface area contributed by atoms with Crippen LogP contribution in [-0.2, 0) is 14.4 Å². The van der Waals surface area contributed by atoms with Crippen LogP contribution in [0.1, 0.15) is 87.0 Å². The number of aliphatic carboxylic acids is 1. The molecule has 4 unspecified atom stereocenters. The molecule has 7 heteroatoms. The lowest BCUT2D eigenvalue weighted by Gasteiger charge is -2.40. The van der Waals surface area contributed by atoms with Gasteiger partial charge in [-0.05, 0) is 51.5 Å². The van der Waals surface area contributed by atoms with Gasteiger partial charge in [-0.1, -0.05) is 60.0 Å². The van der Waals surface area contributed by atoms with E-state index in [1.54, 1.807) is 18.0 Å². The van der Waals surface area contributed by atoms with E-state index in [0.29, 0.717) is 6.04 Å². The fourth-order valence-corrected chi connectivity index (χ4v) is 4.64. The lowest BCUT2D eigenvalue weighted by molar-refractivity contribution is -0.140. The Morgan fingerprint density at radius 1 is 1.12 bits per heavy atom. The first-order valence-corrected chi connectivity index (χ1v) is 12.7. The van der Waals surface area contributed by atoms with Gasteiger partial charge in [-0.2, -0.15) is 0 Å². The minimum Gasteiger partial charge on any atom is -0.478 e. The molecule has 1 fully saturated rings.